The molecule has 0 bridgehead atoms. The number of carbonyl (C=O) groups excluding carboxylic acids is 1. The van der Waals surface area contributed by atoms with E-state index in [1.807, 2.05) is 71.6 Å². The van der Waals surface area contributed by atoms with Gasteiger partial charge in [-0.1, -0.05) is 24.3 Å². The average Bonchev–Trinajstić information content (AvgIpc) is 3.02. The molecule has 0 saturated heterocycles. The summed E-state index contributed by atoms with van der Waals surface area (Å²) in [5.74, 6) is 0.685. The third-order valence-corrected chi connectivity index (χ3v) is 4.77. The molecule has 0 spiro atoms. The van der Waals surface area contributed by atoms with E-state index >= 15 is 0 Å². The molecule has 4 aromatic rings. The van der Waals surface area contributed by atoms with E-state index < -0.39 is 0 Å². The van der Waals surface area contributed by atoms with Crippen molar-refractivity contribution in [1.29, 1.82) is 0 Å². The Morgan fingerprint density at radius 3 is 2.66 bits per heavy atom. The monoisotopic (exact) mass is 390 g/mol. The van der Waals surface area contributed by atoms with Crippen LogP contribution in [0.25, 0.3) is 16.6 Å². The van der Waals surface area contributed by atoms with E-state index in [2.05, 4.69) is 10.3 Å². The fourth-order valence-electron chi connectivity index (χ4n) is 3.48. The SMILES string of the molecule is CCOc1ccc(CNC(=O)Cn2c3ccccc3c3nc(=O)cc(C)n32)cc1. The highest BCUT2D eigenvalue weighted by Gasteiger charge is 2.15. The van der Waals surface area contributed by atoms with Crippen LogP contribution >= 0.6 is 0 Å². The molecule has 2 heterocycles. The molecule has 0 saturated carbocycles. The summed E-state index contributed by atoms with van der Waals surface area (Å²) in [4.78, 5) is 28.7. The number of ether oxygens (including phenoxy) is 1. The van der Waals surface area contributed by atoms with Crippen molar-refractivity contribution in [1.82, 2.24) is 19.5 Å². The third kappa shape index (κ3) is 3.71. The van der Waals surface area contributed by atoms with Gasteiger partial charge in [-0.2, -0.15) is 4.98 Å². The Morgan fingerprint density at radius 2 is 1.90 bits per heavy atom. The Balaban J connectivity index is 1.58. The summed E-state index contributed by atoms with van der Waals surface area (Å²) in [6, 6.07) is 16.8. The van der Waals surface area contributed by atoms with Crippen LogP contribution in [0.1, 0.15) is 18.2 Å². The van der Waals surface area contributed by atoms with E-state index in [9.17, 15) is 9.59 Å². The van der Waals surface area contributed by atoms with E-state index in [-0.39, 0.29) is 18.0 Å². The lowest BCUT2D eigenvalue weighted by Crippen LogP contribution is -2.29. The summed E-state index contributed by atoms with van der Waals surface area (Å²) in [5.41, 5.74) is 2.85. The van der Waals surface area contributed by atoms with Crippen LogP contribution in [0.4, 0.5) is 0 Å². The van der Waals surface area contributed by atoms with Gasteiger partial charge in [-0.25, -0.2) is 4.52 Å². The number of aromatic nitrogens is 3. The number of amides is 1. The molecular formula is C22H22N4O3. The molecule has 1 N–H and O–H groups in total. The highest BCUT2D eigenvalue weighted by Crippen LogP contribution is 2.21. The molecule has 0 unspecified atom stereocenters. The topological polar surface area (TPSA) is 77.6 Å². The molecule has 29 heavy (non-hydrogen) atoms. The average molecular weight is 390 g/mol. The number of benzene rings is 2. The summed E-state index contributed by atoms with van der Waals surface area (Å²) in [7, 11) is 0. The summed E-state index contributed by atoms with van der Waals surface area (Å²) in [6.07, 6.45) is 0. The molecule has 0 aliphatic rings. The van der Waals surface area contributed by atoms with Gasteiger partial charge in [-0.3, -0.25) is 14.3 Å². The Hall–Kier alpha value is -3.61. The zero-order valence-electron chi connectivity index (χ0n) is 16.4. The van der Waals surface area contributed by atoms with Crippen molar-refractivity contribution in [2.45, 2.75) is 26.9 Å². The van der Waals surface area contributed by atoms with Gasteiger partial charge in [0.2, 0.25) is 5.91 Å². The third-order valence-electron chi connectivity index (χ3n) is 4.77. The number of nitrogens with zero attached hydrogens (tertiary/aromatic N) is 3. The molecule has 7 heteroatoms. The highest BCUT2D eigenvalue weighted by atomic mass is 16.5. The minimum absolute atomic E-state index is 0.117. The number of nitrogens with one attached hydrogen (secondary N) is 1. The number of hydrogen-bond donors (Lipinski definition) is 1. The van der Waals surface area contributed by atoms with Crippen molar-refractivity contribution in [2.24, 2.45) is 0 Å². The smallest absolute Gasteiger partial charge is 0.273 e. The molecule has 0 aliphatic heterocycles. The van der Waals surface area contributed by atoms with Crippen molar-refractivity contribution < 1.29 is 9.53 Å². The maximum atomic E-state index is 12.7. The van der Waals surface area contributed by atoms with Crippen LogP contribution in [0.15, 0.2) is 59.4 Å². The predicted octanol–water partition coefficient (Wildman–Crippen LogP) is 2.67. The number of hydrogen-bond acceptors (Lipinski definition) is 4. The van der Waals surface area contributed by atoms with Gasteiger partial charge in [0.25, 0.3) is 5.56 Å². The van der Waals surface area contributed by atoms with Crippen molar-refractivity contribution in [3.8, 4) is 5.75 Å². The van der Waals surface area contributed by atoms with Crippen LogP contribution in [0.2, 0.25) is 0 Å². The molecule has 7 nitrogen and oxygen atoms in total. The number of fused-ring (bicyclic) bond motifs is 3. The lowest BCUT2D eigenvalue weighted by Gasteiger charge is -2.11. The van der Waals surface area contributed by atoms with Gasteiger partial charge in [0, 0.05) is 23.7 Å². The number of para-hydroxylation sites is 1. The molecule has 4 rings (SSSR count). The highest BCUT2D eigenvalue weighted by molar-refractivity contribution is 5.93. The van der Waals surface area contributed by atoms with E-state index in [0.29, 0.717) is 18.8 Å². The van der Waals surface area contributed by atoms with Crippen molar-refractivity contribution >= 4 is 22.5 Å². The maximum absolute atomic E-state index is 12.7. The fraction of sp³-hybridized carbons (Fsp3) is 0.227. The lowest BCUT2D eigenvalue weighted by atomic mass is 10.2. The van der Waals surface area contributed by atoms with Crippen molar-refractivity contribution in [3.63, 3.8) is 0 Å². The normalized spacial score (nSPS) is 11.1. The van der Waals surface area contributed by atoms with Gasteiger partial charge in [0.15, 0.2) is 5.65 Å². The molecule has 0 radical (unpaired) electrons. The Kier molecular flexibility index (Phi) is 5.03. The van der Waals surface area contributed by atoms with E-state index in [1.165, 1.54) is 6.07 Å². The molecule has 1 amide bonds. The largest absolute Gasteiger partial charge is 0.494 e. The van der Waals surface area contributed by atoms with Gasteiger partial charge < -0.3 is 10.1 Å². The zero-order valence-corrected chi connectivity index (χ0v) is 16.4. The molecule has 148 valence electrons. The zero-order chi connectivity index (χ0) is 20.4. The molecule has 0 aliphatic carbocycles. The Morgan fingerprint density at radius 1 is 1.14 bits per heavy atom. The van der Waals surface area contributed by atoms with Gasteiger partial charge in [-0.15, -0.1) is 0 Å². The van der Waals surface area contributed by atoms with Gasteiger partial charge in [0.05, 0.1) is 12.1 Å². The van der Waals surface area contributed by atoms with E-state index in [4.69, 9.17) is 4.74 Å². The second kappa shape index (κ2) is 7.79. The first-order chi connectivity index (χ1) is 14.1. The van der Waals surface area contributed by atoms with Crippen LogP contribution in [0.5, 0.6) is 5.75 Å². The van der Waals surface area contributed by atoms with Crippen LogP contribution < -0.4 is 15.6 Å². The first-order valence-corrected chi connectivity index (χ1v) is 9.53. The molecule has 0 atom stereocenters. The van der Waals surface area contributed by atoms with Crippen molar-refractivity contribution in [3.05, 3.63) is 76.2 Å². The number of carbonyl (C=O) groups is 1. The predicted molar refractivity (Wildman–Crippen MR) is 111 cm³/mol. The standard InChI is InChI=1S/C22H22N4O3/c1-3-29-17-10-8-16(9-11-17)13-23-21(28)14-25-19-7-5-4-6-18(19)22-24-20(27)12-15(2)26(22)25/h4-12H,3,13-14H2,1-2H3,(H,23,28). The summed E-state index contributed by atoms with van der Waals surface area (Å²) in [6.45, 7) is 4.94. The number of rotatable bonds is 6. The quantitative estimate of drug-likeness (QED) is 0.549. The van der Waals surface area contributed by atoms with Gasteiger partial charge >= 0.3 is 0 Å². The molecular weight excluding hydrogens is 368 g/mol. The van der Waals surface area contributed by atoms with E-state index in [1.54, 1.807) is 0 Å². The number of aryl methyl sites for hydroxylation is 1. The van der Waals surface area contributed by atoms with Crippen molar-refractivity contribution in [2.75, 3.05) is 6.61 Å². The van der Waals surface area contributed by atoms with Crippen LogP contribution in [-0.2, 0) is 17.9 Å². The van der Waals surface area contributed by atoms with Crippen LogP contribution in [0.3, 0.4) is 0 Å². The molecule has 0 fully saturated rings. The Bertz CT molecular complexity index is 1240. The first-order valence-electron chi connectivity index (χ1n) is 9.53. The van der Waals surface area contributed by atoms with Crippen LogP contribution in [-0.4, -0.2) is 26.7 Å². The summed E-state index contributed by atoms with van der Waals surface area (Å²) in [5, 5.41) is 3.79. The van der Waals surface area contributed by atoms with Gasteiger partial charge in [0.1, 0.15) is 12.3 Å². The fourth-order valence-corrected chi connectivity index (χ4v) is 3.48. The molecule has 2 aromatic heterocycles. The molecule has 2 aromatic carbocycles. The summed E-state index contributed by atoms with van der Waals surface area (Å²) >= 11 is 0. The second-order valence-corrected chi connectivity index (χ2v) is 6.80. The maximum Gasteiger partial charge on any atom is 0.273 e. The van der Waals surface area contributed by atoms with Crippen LogP contribution in [0, 0.1) is 6.92 Å². The minimum atomic E-state index is -0.287. The lowest BCUT2D eigenvalue weighted by molar-refractivity contribution is -0.122. The Labute approximate surface area is 167 Å². The van der Waals surface area contributed by atoms with Gasteiger partial charge in [-0.05, 0) is 43.7 Å². The summed E-state index contributed by atoms with van der Waals surface area (Å²) < 4.78 is 9.11. The van der Waals surface area contributed by atoms with E-state index in [0.717, 1.165) is 27.9 Å². The minimum Gasteiger partial charge on any atom is -0.494 e. The first kappa shape index (κ1) is 18.7. The second-order valence-electron chi connectivity index (χ2n) is 6.80.